The molecule has 0 saturated heterocycles. The van der Waals surface area contributed by atoms with Crippen LogP contribution in [0.5, 0.6) is 0 Å². The standard InChI is InChI=1S/C15H25FN2/c1-5-15(13-6-8-14(16)9-7-13)17-10-11-18(4)12(2)3/h6-9,12,15,17H,5,10-11H2,1-4H3. The molecule has 18 heavy (non-hydrogen) atoms. The molecule has 1 unspecified atom stereocenters. The molecule has 0 aliphatic carbocycles. The van der Waals surface area contributed by atoms with E-state index in [1.165, 1.54) is 12.1 Å². The minimum Gasteiger partial charge on any atom is -0.309 e. The Bertz CT molecular complexity index is 335. The van der Waals surface area contributed by atoms with Gasteiger partial charge >= 0.3 is 0 Å². The molecule has 0 aromatic heterocycles. The Labute approximate surface area is 110 Å². The SMILES string of the molecule is CCC(NCCN(C)C(C)C)c1ccc(F)cc1. The van der Waals surface area contributed by atoms with Crippen LogP contribution in [0.25, 0.3) is 0 Å². The van der Waals surface area contributed by atoms with Crippen LogP contribution in [0.4, 0.5) is 4.39 Å². The molecule has 0 spiro atoms. The fraction of sp³-hybridized carbons (Fsp3) is 0.600. The predicted octanol–water partition coefficient (Wildman–Crippen LogP) is 3.21. The Hall–Kier alpha value is -0.930. The highest BCUT2D eigenvalue weighted by Gasteiger charge is 2.09. The van der Waals surface area contributed by atoms with Crippen LogP contribution in [0, 0.1) is 5.82 Å². The number of nitrogens with zero attached hydrogens (tertiary/aromatic N) is 1. The van der Waals surface area contributed by atoms with Crippen molar-refractivity contribution in [2.45, 2.75) is 39.3 Å². The molecule has 1 aromatic carbocycles. The van der Waals surface area contributed by atoms with Gasteiger partial charge in [-0.1, -0.05) is 19.1 Å². The van der Waals surface area contributed by atoms with Crippen LogP contribution in [0.2, 0.25) is 0 Å². The molecular formula is C15H25FN2. The average molecular weight is 252 g/mol. The van der Waals surface area contributed by atoms with Crippen molar-refractivity contribution in [3.63, 3.8) is 0 Å². The molecule has 3 heteroatoms. The van der Waals surface area contributed by atoms with Crippen molar-refractivity contribution < 1.29 is 4.39 Å². The molecular weight excluding hydrogens is 227 g/mol. The molecule has 1 N–H and O–H groups in total. The number of rotatable bonds is 7. The summed E-state index contributed by atoms with van der Waals surface area (Å²) in [5.74, 6) is -0.173. The van der Waals surface area contributed by atoms with E-state index in [0.717, 1.165) is 25.1 Å². The van der Waals surface area contributed by atoms with Crippen LogP contribution in [-0.2, 0) is 0 Å². The lowest BCUT2D eigenvalue weighted by atomic mass is 10.0. The Morgan fingerprint density at radius 2 is 1.83 bits per heavy atom. The highest BCUT2D eigenvalue weighted by atomic mass is 19.1. The monoisotopic (exact) mass is 252 g/mol. The van der Waals surface area contributed by atoms with Gasteiger partial charge < -0.3 is 10.2 Å². The third-order valence-corrected chi connectivity index (χ3v) is 3.42. The molecule has 0 radical (unpaired) electrons. The molecule has 0 fully saturated rings. The first-order chi connectivity index (χ1) is 8.54. The average Bonchev–Trinajstić information content (AvgIpc) is 2.35. The molecule has 2 nitrogen and oxygen atoms in total. The van der Waals surface area contributed by atoms with E-state index in [1.54, 1.807) is 0 Å². The summed E-state index contributed by atoms with van der Waals surface area (Å²) >= 11 is 0. The lowest BCUT2D eigenvalue weighted by Gasteiger charge is -2.23. The molecule has 0 aliphatic rings. The lowest BCUT2D eigenvalue weighted by Crippen LogP contribution is -2.35. The van der Waals surface area contributed by atoms with E-state index in [4.69, 9.17) is 0 Å². The summed E-state index contributed by atoms with van der Waals surface area (Å²) in [5.41, 5.74) is 1.16. The second-order valence-electron chi connectivity index (χ2n) is 5.04. The van der Waals surface area contributed by atoms with E-state index in [9.17, 15) is 4.39 Å². The van der Waals surface area contributed by atoms with Crippen molar-refractivity contribution in [1.29, 1.82) is 0 Å². The van der Waals surface area contributed by atoms with E-state index >= 15 is 0 Å². The number of hydrogen-bond acceptors (Lipinski definition) is 2. The Morgan fingerprint density at radius 1 is 1.22 bits per heavy atom. The molecule has 0 aliphatic heterocycles. The van der Waals surface area contributed by atoms with Gasteiger partial charge in [-0.25, -0.2) is 4.39 Å². The molecule has 0 amide bonds. The maximum Gasteiger partial charge on any atom is 0.123 e. The second kappa shape index (κ2) is 7.49. The predicted molar refractivity (Wildman–Crippen MR) is 75.2 cm³/mol. The summed E-state index contributed by atoms with van der Waals surface area (Å²) in [6.07, 6.45) is 1.01. The van der Waals surface area contributed by atoms with E-state index in [0.29, 0.717) is 12.1 Å². The van der Waals surface area contributed by atoms with Gasteiger partial charge in [-0.3, -0.25) is 0 Å². The van der Waals surface area contributed by atoms with Gasteiger partial charge in [0.25, 0.3) is 0 Å². The minimum absolute atomic E-state index is 0.173. The highest BCUT2D eigenvalue weighted by Crippen LogP contribution is 2.16. The van der Waals surface area contributed by atoms with Crippen molar-refractivity contribution in [2.24, 2.45) is 0 Å². The van der Waals surface area contributed by atoms with Gasteiger partial charge in [-0.05, 0) is 45.0 Å². The van der Waals surface area contributed by atoms with Crippen molar-refractivity contribution in [2.75, 3.05) is 20.1 Å². The fourth-order valence-corrected chi connectivity index (χ4v) is 1.87. The first-order valence-corrected chi connectivity index (χ1v) is 6.73. The number of benzene rings is 1. The molecule has 1 aromatic rings. The van der Waals surface area contributed by atoms with Gasteiger partial charge in [0.1, 0.15) is 5.82 Å². The summed E-state index contributed by atoms with van der Waals surface area (Å²) < 4.78 is 12.9. The molecule has 0 bridgehead atoms. The molecule has 1 atom stereocenters. The first-order valence-electron chi connectivity index (χ1n) is 6.73. The molecule has 0 heterocycles. The van der Waals surface area contributed by atoms with Crippen LogP contribution < -0.4 is 5.32 Å². The largest absolute Gasteiger partial charge is 0.309 e. The van der Waals surface area contributed by atoms with Gasteiger partial charge in [-0.2, -0.15) is 0 Å². The zero-order chi connectivity index (χ0) is 13.5. The third-order valence-electron chi connectivity index (χ3n) is 3.42. The van der Waals surface area contributed by atoms with Crippen molar-refractivity contribution in [3.8, 4) is 0 Å². The minimum atomic E-state index is -0.173. The Morgan fingerprint density at radius 3 is 2.33 bits per heavy atom. The van der Waals surface area contributed by atoms with Crippen LogP contribution in [-0.4, -0.2) is 31.1 Å². The van der Waals surface area contributed by atoms with Gasteiger partial charge in [0.05, 0.1) is 0 Å². The highest BCUT2D eigenvalue weighted by molar-refractivity contribution is 5.19. The van der Waals surface area contributed by atoms with Crippen molar-refractivity contribution in [3.05, 3.63) is 35.6 Å². The number of hydrogen-bond donors (Lipinski definition) is 1. The van der Waals surface area contributed by atoms with Crippen molar-refractivity contribution >= 4 is 0 Å². The van der Waals surface area contributed by atoms with E-state index in [1.807, 2.05) is 12.1 Å². The summed E-state index contributed by atoms with van der Waals surface area (Å²) in [6, 6.07) is 7.66. The van der Waals surface area contributed by atoms with Gasteiger partial charge in [-0.15, -0.1) is 0 Å². The van der Waals surface area contributed by atoms with E-state index in [-0.39, 0.29) is 5.82 Å². The summed E-state index contributed by atoms with van der Waals surface area (Å²) in [4.78, 5) is 2.31. The number of halogens is 1. The topological polar surface area (TPSA) is 15.3 Å². The van der Waals surface area contributed by atoms with E-state index < -0.39 is 0 Å². The maximum absolute atomic E-state index is 12.9. The van der Waals surface area contributed by atoms with Gasteiger partial charge in [0, 0.05) is 25.2 Å². The molecule has 0 saturated carbocycles. The Kier molecular flexibility index (Phi) is 6.30. The molecule has 102 valence electrons. The number of likely N-dealkylation sites (N-methyl/N-ethyl adjacent to an activating group) is 1. The fourth-order valence-electron chi connectivity index (χ4n) is 1.87. The summed E-state index contributed by atoms with van der Waals surface area (Å²) in [5, 5.41) is 3.53. The summed E-state index contributed by atoms with van der Waals surface area (Å²) in [6.45, 7) is 8.50. The second-order valence-corrected chi connectivity index (χ2v) is 5.04. The zero-order valence-electron chi connectivity index (χ0n) is 11.9. The third kappa shape index (κ3) is 4.75. The first kappa shape index (κ1) is 15.1. The molecule has 1 rings (SSSR count). The van der Waals surface area contributed by atoms with Crippen molar-refractivity contribution in [1.82, 2.24) is 10.2 Å². The van der Waals surface area contributed by atoms with Crippen LogP contribution >= 0.6 is 0 Å². The maximum atomic E-state index is 12.9. The van der Waals surface area contributed by atoms with Crippen LogP contribution in [0.15, 0.2) is 24.3 Å². The normalized spacial score (nSPS) is 13.3. The smallest absolute Gasteiger partial charge is 0.123 e. The van der Waals surface area contributed by atoms with E-state index in [2.05, 4.69) is 38.0 Å². The quantitative estimate of drug-likeness (QED) is 0.801. The Balaban J connectivity index is 2.45. The number of nitrogens with one attached hydrogen (secondary N) is 1. The zero-order valence-corrected chi connectivity index (χ0v) is 11.9. The van der Waals surface area contributed by atoms with Gasteiger partial charge in [0.2, 0.25) is 0 Å². The van der Waals surface area contributed by atoms with Gasteiger partial charge in [0.15, 0.2) is 0 Å². The lowest BCUT2D eigenvalue weighted by molar-refractivity contribution is 0.268. The van der Waals surface area contributed by atoms with Crippen LogP contribution in [0.1, 0.15) is 38.8 Å². The summed E-state index contributed by atoms with van der Waals surface area (Å²) in [7, 11) is 2.13. The van der Waals surface area contributed by atoms with Crippen LogP contribution in [0.3, 0.4) is 0 Å².